The average Bonchev–Trinajstić information content (AvgIpc) is 2.42. The summed E-state index contributed by atoms with van der Waals surface area (Å²) >= 11 is 0. The molecule has 1 heterocycles. The van der Waals surface area contributed by atoms with Gasteiger partial charge >= 0.3 is 0 Å². The summed E-state index contributed by atoms with van der Waals surface area (Å²) in [5, 5.41) is 0. The maximum Gasteiger partial charge on any atom is 0.290 e. The monoisotopic (exact) mass is 197 g/mol. The topological polar surface area (TPSA) is 52.9 Å². The Hall–Kier alpha value is -1.19. The lowest BCUT2D eigenvalue weighted by molar-refractivity contribution is 0.442. The molecule has 2 N–H and O–H groups in total. The molecule has 0 unspecified atom stereocenters. The Morgan fingerprint density at radius 3 is 2.29 bits per heavy atom. The van der Waals surface area contributed by atoms with Crippen LogP contribution in [-0.2, 0) is 19.5 Å². The molecular weight excluding hydrogens is 178 g/mol. The van der Waals surface area contributed by atoms with Gasteiger partial charge in [0, 0.05) is 13.1 Å². The molecule has 0 spiro atoms. The average molecular weight is 197 g/mol. The van der Waals surface area contributed by atoms with Gasteiger partial charge in [-0.15, -0.1) is 0 Å². The van der Waals surface area contributed by atoms with Crippen LogP contribution >= 0.6 is 0 Å². The Labute approximate surface area is 84.3 Å². The summed E-state index contributed by atoms with van der Waals surface area (Å²) in [6.07, 6.45) is 1.76. The third kappa shape index (κ3) is 1.56. The van der Waals surface area contributed by atoms with Crippen LogP contribution in [0.15, 0.2) is 4.79 Å². The molecule has 4 nitrogen and oxygen atoms in total. The summed E-state index contributed by atoms with van der Waals surface area (Å²) in [7, 11) is 0. The van der Waals surface area contributed by atoms with Crippen LogP contribution < -0.4 is 11.3 Å². The zero-order chi connectivity index (χ0) is 10.7. The van der Waals surface area contributed by atoms with E-state index >= 15 is 0 Å². The normalized spacial score (nSPS) is 10.8. The molecule has 1 aromatic heterocycles. The van der Waals surface area contributed by atoms with Crippen LogP contribution in [0.25, 0.3) is 0 Å². The molecular formula is C10H19N3O. The third-order valence-electron chi connectivity index (χ3n) is 2.45. The highest BCUT2D eigenvalue weighted by molar-refractivity contribution is 5.41. The molecule has 4 heteroatoms. The van der Waals surface area contributed by atoms with Gasteiger partial charge in [-0.1, -0.05) is 13.8 Å². The molecule has 0 saturated carbocycles. The van der Waals surface area contributed by atoms with Crippen molar-refractivity contribution in [1.82, 2.24) is 9.36 Å². The Balaban J connectivity index is 3.33. The summed E-state index contributed by atoms with van der Waals surface area (Å²) < 4.78 is 3.73. The molecule has 0 amide bonds. The van der Waals surface area contributed by atoms with Crippen molar-refractivity contribution < 1.29 is 0 Å². The number of hydrogen-bond donors (Lipinski definition) is 1. The third-order valence-corrected chi connectivity index (χ3v) is 2.45. The van der Waals surface area contributed by atoms with E-state index in [1.807, 2.05) is 18.5 Å². The molecule has 0 aliphatic rings. The van der Waals surface area contributed by atoms with Gasteiger partial charge in [0.25, 0.3) is 5.56 Å². The Morgan fingerprint density at radius 2 is 1.86 bits per heavy atom. The van der Waals surface area contributed by atoms with E-state index in [1.54, 1.807) is 4.68 Å². The maximum atomic E-state index is 11.7. The van der Waals surface area contributed by atoms with Gasteiger partial charge in [0.15, 0.2) is 0 Å². The van der Waals surface area contributed by atoms with Crippen molar-refractivity contribution in [2.75, 3.05) is 5.73 Å². The highest BCUT2D eigenvalue weighted by atomic mass is 16.1. The van der Waals surface area contributed by atoms with Gasteiger partial charge in [0.2, 0.25) is 0 Å². The Morgan fingerprint density at radius 1 is 1.21 bits per heavy atom. The van der Waals surface area contributed by atoms with E-state index in [-0.39, 0.29) is 5.56 Å². The lowest BCUT2D eigenvalue weighted by Crippen LogP contribution is -2.23. The molecule has 0 aliphatic heterocycles. The van der Waals surface area contributed by atoms with Crippen LogP contribution in [0.3, 0.4) is 0 Å². The molecule has 14 heavy (non-hydrogen) atoms. The molecule has 1 aromatic rings. The van der Waals surface area contributed by atoms with E-state index in [9.17, 15) is 4.79 Å². The van der Waals surface area contributed by atoms with E-state index < -0.39 is 0 Å². The van der Waals surface area contributed by atoms with Gasteiger partial charge in [0.1, 0.15) is 5.69 Å². The number of nitrogen functional groups attached to an aromatic ring is 1. The standard InChI is InChI=1S/C10H19N3O/c1-4-7-13-10(14)9(11)8(5-2)12(13)6-3/h4-7,11H2,1-3H3. The number of rotatable bonds is 4. The van der Waals surface area contributed by atoms with Crippen molar-refractivity contribution in [1.29, 1.82) is 0 Å². The SMILES string of the molecule is CCCn1c(=O)c(N)c(CC)n1CC. The fourth-order valence-electron chi connectivity index (χ4n) is 1.83. The molecule has 0 fully saturated rings. The minimum absolute atomic E-state index is 0.0365. The van der Waals surface area contributed by atoms with Crippen LogP contribution in [0.2, 0.25) is 0 Å². The lowest BCUT2D eigenvalue weighted by atomic mass is 10.3. The predicted molar refractivity (Wildman–Crippen MR) is 58.4 cm³/mol. The fraction of sp³-hybridized carbons (Fsp3) is 0.700. The van der Waals surface area contributed by atoms with Crippen molar-refractivity contribution in [2.45, 2.75) is 46.7 Å². The molecule has 0 aliphatic carbocycles. The zero-order valence-corrected chi connectivity index (χ0v) is 9.21. The number of hydrogen-bond acceptors (Lipinski definition) is 2. The smallest absolute Gasteiger partial charge is 0.290 e. The second-order valence-corrected chi connectivity index (χ2v) is 3.36. The van der Waals surface area contributed by atoms with E-state index in [4.69, 9.17) is 5.73 Å². The minimum atomic E-state index is -0.0365. The largest absolute Gasteiger partial charge is 0.393 e. The van der Waals surface area contributed by atoms with Gasteiger partial charge in [0.05, 0.1) is 5.69 Å². The van der Waals surface area contributed by atoms with Crippen LogP contribution in [0.1, 0.15) is 32.9 Å². The zero-order valence-electron chi connectivity index (χ0n) is 9.21. The summed E-state index contributed by atoms with van der Waals surface area (Å²) in [6, 6.07) is 0. The summed E-state index contributed by atoms with van der Waals surface area (Å²) in [5.74, 6) is 0. The van der Waals surface area contributed by atoms with Crippen LogP contribution in [0.4, 0.5) is 5.69 Å². The van der Waals surface area contributed by atoms with Gasteiger partial charge in [-0.3, -0.25) is 9.48 Å². The first-order chi connectivity index (χ1) is 6.67. The van der Waals surface area contributed by atoms with Crippen LogP contribution in [-0.4, -0.2) is 9.36 Å². The summed E-state index contributed by atoms with van der Waals surface area (Å²) in [4.78, 5) is 11.7. The second-order valence-electron chi connectivity index (χ2n) is 3.36. The van der Waals surface area contributed by atoms with Gasteiger partial charge in [-0.2, -0.15) is 0 Å². The molecule has 0 radical (unpaired) electrons. The minimum Gasteiger partial charge on any atom is -0.393 e. The number of nitrogens with two attached hydrogens (primary N) is 1. The molecule has 0 aromatic carbocycles. The molecule has 1 rings (SSSR count). The summed E-state index contributed by atoms with van der Waals surface area (Å²) in [5.41, 5.74) is 7.11. The molecule has 0 bridgehead atoms. The molecule has 0 atom stereocenters. The highest BCUT2D eigenvalue weighted by Crippen LogP contribution is 2.09. The van der Waals surface area contributed by atoms with Crippen molar-refractivity contribution in [2.24, 2.45) is 0 Å². The van der Waals surface area contributed by atoms with E-state index in [2.05, 4.69) is 6.92 Å². The van der Waals surface area contributed by atoms with Gasteiger partial charge in [-0.25, -0.2) is 4.68 Å². The van der Waals surface area contributed by atoms with Crippen LogP contribution in [0.5, 0.6) is 0 Å². The second kappa shape index (κ2) is 4.35. The number of aromatic nitrogens is 2. The highest BCUT2D eigenvalue weighted by Gasteiger charge is 2.13. The van der Waals surface area contributed by atoms with Crippen molar-refractivity contribution >= 4 is 5.69 Å². The predicted octanol–water partition coefficient (Wildman–Crippen LogP) is 1.22. The first kappa shape index (κ1) is 10.9. The number of anilines is 1. The quantitative estimate of drug-likeness (QED) is 0.789. The maximum absolute atomic E-state index is 11.7. The van der Waals surface area contributed by atoms with Crippen molar-refractivity contribution in [3.05, 3.63) is 16.0 Å². The van der Waals surface area contributed by atoms with E-state index in [0.717, 1.165) is 31.6 Å². The fourth-order valence-corrected chi connectivity index (χ4v) is 1.83. The van der Waals surface area contributed by atoms with Gasteiger partial charge in [-0.05, 0) is 19.8 Å². The van der Waals surface area contributed by atoms with Crippen molar-refractivity contribution in [3.8, 4) is 0 Å². The van der Waals surface area contributed by atoms with E-state index in [1.165, 1.54) is 0 Å². The molecule has 80 valence electrons. The Kier molecular flexibility index (Phi) is 3.38. The molecule has 0 saturated heterocycles. The number of nitrogens with zero attached hydrogens (tertiary/aromatic N) is 2. The van der Waals surface area contributed by atoms with Crippen LogP contribution in [0, 0.1) is 0 Å². The lowest BCUT2D eigenvalue weighted by Gasteiger charge is -2.10. The first-order valence-electron chi connectivity index (χ1n) is 5.25. The Bertz CT molecular complexity index is 362. The van der Waals surface area contributed by atoms with Crippen molar-refractivity contribution in [3.63, 3.8) is 0 Å². The van der Waals surface area contributed by atoms with Gasteiger partial charge < -0.3 is 5.73 Å². The van der Waals surface area contributed by atoms with E-state index in [0.29, 0.717) is 5.69 Å². The summed E-state index contributed by atoms with van der Waals surface area (Å²) in [6.45, 7) is 7.66. The first-order valence-corrected chi connectivity index (χ1v) is 5.25.